The fourth-order valence-electron chi connectivity index (χ4n) is 0.986. The summed E-state index contributed by atoms with van der Waals surface area (Å²) < 4.78 is 9.00. The van der Waals surface area contributed by atoms with E-state index in [-0.39, 0.29) is 6.09 Å². The molecule has 0 fully saturated rings. The molecule has 1 heterocycles. The van der Waals surface area contributed by atoms with Crippen LogP contribution in [0.1, 0.15) is 13.8 Å². The average molecular weight is 247 g/mol. The number of nitrogens with zero attached hydrogens (tertiary/aromatic N) is 2. The number of carbonyl (C=O) groups excluding carboxylic acids is 1. The van der Waals surface area contributed by atoms with Gasteiger partial charge in [0.05, 0.1) is 0 Å². The molecular weight excluding hydrogens is 235 g/mol. The van der Waals surface area contributed by atoms with Gasteiger partial charge in [-0.25, -0.2) is 0 Å². The molecule has 1 aromatic heterocycles. The second kappa shape index (κ2) is 4.44. The summed E-state index contributed by atoms with van der Waals surface area (Å²) in [6.45, 7) is 5.02. The minimum absolute atomic E-state index is 0.344. The Morgan fingerprint density at radius 1 is 1.54 bits per heavy atom. The molecular formula is C8H12N2O2Se. The van der Waals surface area contributed by atoms with Gasteiger partial charge in [-0.15, -0.1) is 0 Å². The normalized spacial score (nSPS) is 10.0. The van der Waals surface area contributed by atoms with E-state index >= 15 is 0 Å². The summed E-state index contributed by atoms with van der Waals surface area (Å²) in [6.07, 6.45) is 3.18. The van der Waals surface area contributed by atoms with Crippen molar-refractivity contribution in [1.29, 1.82) is 0 Å². The Hall–Kier alpha value is -0.801. The molecule has 0 atom stereocenters. The second-order valence-corrected chi connectivity index (χ2v) is 3.20. The quantitative estimate of drug-likeness (QED) is 0.731. The molecule has 0 aliphatic rings. The van der Waals surface area contributed by atoms with E-state index in [1.165, 1.54) is 4.57 Å². The van der Waals surface area contributed by atoms with Crippen LogP contribution in [0.25, 0.3) is 0 Å². The summed E-state index contributed by atoms with van der Waals surface area (Å²) >= 11 is 2.83. The maximum atomic E-state index is 11.3. The number of aryl methyl sites for hydroxylation is 1. The van der Waals surface area contributed by atoms with Gasteiger partial charge in [-0.3, -0.25) is 0 Å². The fourth-order valence-corrected chi connectivity index (χ4v) is 1.67. The van der Waals surface area contributed by atoms with Gasteiger partial charge in [-0.1, -0.05) is 0 Å². The Bertz CT molecular complexity index is 353. The van der Waals surface area contributed by atoms with Crippen LogP contribution >= 0.6 is 0 Å². The van der Waals surface area contributed by atoms with Gasteiger partial charge < -0.3 is 0 Å². The molecule has 0 amide bonds. The van der Waals surface area contributed by atoms with Crippen molar-refractivity contribution in [2.75, 3.05) is 6.61 Å². The summed E-state index contributed by atoms with van der Waals surface area (Å²) in [7, 11) is 0. The molecule has 0 saturated carbocycles. The van der Waals surface area contributed by atoms with Crippen molar-refractivity contribution in [3.05, 3.63) is 16.7 Å². The van der Waals surface area contributed by atoms with Crippen LogP contribution in [0.4, 0.5) is 4.79 Å². The molecule has 1 rings (SSSR count). The number of aromatic nitrogens is 2. The molecule has 1 aromatic rings. The number of carbonyl (C=O) groups is 1. The van der Waals surface area contributed by atoms with E-state index < -0.39 is 0 Å². The standard InChI is InChI=1S/C8H12N2O2Se/c1-3-9-5-6-10(7(9)13)8(11)12-4-2/h5-6H,3-4H2,1-2H3. The SMILES string of the molecule is CCOC(=O)n1ccn(CC)c1=[Se]. The van der Waals surface area contributed by atoms with E-state index in [0.717, 1.165) is 10.9 Å². The summed E-state index contributed by atoms with van der Waals surface area (Å²) in [5, 5.41) is 0. The van der Waals surface area contributed by atoms with Crippen molar-refractivity contribution in [1.82, 2.24) is 9.13 Å². The second-order valence-electron chi connectivity index (χ2n) is 2.44. The van der Waals surface area contributed by atoms with Crippen molar-refractivity contribution >= 4 is 21.7 Å². The Balaban J connectivity index is 2.96. The number of imidazole rings is 1. The van der Waals surface area contributed by atoms with Crippen molar-refractivity contribution in [2.45, 2.75) is 20.4 Å². The van der Waals surface area contributed by atoms with Crippen LogP contribution in [0.5, 0.6) is 0 Å². The maximum absolute atomic E-state index is 11.3. The van der Waals surface area contributed by atoms with Gasteiger partial charge in [-0.05, 0) is 0 Å². The third kappa shape index (κ3) is 2.11. The topological polar surface area (TPSA) is 36.2 Å². The number of hydrogen-bond donors (Lipinski definition) is 0. The van der Waals surface area contributed by atoms with Gasteiger partial charge in [0.2, 0.25) is 0 Å². The van der Waals surface area contributed by atoms with E-state index in [0.29, 0.717) is 6.61 Å². The Morgan fingerprint density at radius 2 is 2.23 bits per heavy atom. The molecule has 13 heavy (non-hydrogen) atoms. The van der Waals surface area contributed by atoms with E-state index in [1.54, 1.807) is 13.1 Å². The van der Waals surface area contributed by atoms with Crippen LogP contribution in [0.3, 0.4) is 0 Å². The number of ether oxygens (including phenoxy) is 1. The molecule has 0 unspecified atom stereocenters. The predicted molar refractivity (Wildman–Crippen MR) is 49.5 cm³/mol. The molecule has 72 valence electrons. The van der Waals surface area contributed by atoms with Gasteiger partial charge in [0.1, 0.15) is 0 Å². The van der Waals surface area contributed by atoms with Crippen molar-refractivity contribution in [2.24, 2.45) is 0 Å². The van der Waals surface area contributed by atoms with E-state index in [1.807, 2.05) is 17.7 Å². The first-order valence-corrected chi connectivity index (χ1v) is 5.01. The molecule has 0 aliphatic heterocycles. The zero-order valence-corrected chi connectivity index (χ0v) is 9.40. The Morgan fingerprint density at radius 3 is 2.69 bits per heavy atom. The van der Waals surface area contributed by atoms with E-state index in [2.05, 4.69) is 15.6 Å². The van der Waals surface area contributed by atoms with Crippen molar-refractivity contribution in [3.63, 3.8) is 0 Å². The van der Waals surface area contributed by atoms with E-state index in [4.69, 9.17) is 4.74 Å². The van der Waals surface area contributed by atoms with Gasteiger partial charge >= 0.3 is 84.1 Å². The van der Waals surface area contributed by atoms with Gasteiger partial charge in [0, 0.05) is 0 Å². The summed E-state index contributed by atoms with van der Waals surface area (Å²) in [4.78, 5) is 11.3. The number of hydrogen-bond acceptors (Lipinski definition) is 2. The van der Waals surface area contributed by atoms with Crippen LogP contribution in [-0.4, -0.2) is 37.4 Å². The zero-order chi connectivity index (χ0) is 9.84. The predicted octanol–water partition coefficient (Wildman–Crippen LogP) is 1.01. The summed E-state index contributed by atoms with van der Waals surface area (Å²) in [5.74, 6) is 0. The van der Waals surface area contributed by atoms with Crippen LogP contribution in [0, 0.1) is 4.32 Å². The number of rotatable bonds is 2. The molecule has 0 radical (unpaired) electrons. The Labute approximate surface area is 84.5 Å². The van der Waals surface area contributed by atoms with Crippen molar-refractivity contribution < 1.29 is 9.53 Å². The van der Waals surface area contributed by atoms with Crippen LogP contribution < -0.4 is 0 Å². The molecule has 0 bridgehead atoms. The molecule has 0 N–H and O–H groups in total. The molecule has 5 heteroatoms. The van der Waals surface area contributed by atoms with Gasteiger partial charge in [0.25, 0.3) is 0 Å². The van der Waals surface area contributed by atoms with Crippen LogP contribution in [0.2, 0.25) is 0 Å². The first-order valence-electron chi connectivity index (χ1n) is 4.15. The van der Waals surface area contributed by atoms with E-state index in [9.17, 15) is 4.79 Å². The third-order valence-corrected chi connectivity index (χ3v) is 2.56. The average Bonchev–Trinajstić information content (AvgIpc) is 2.47. The first-order chi connectivity index (χ1) is 6.20. The third-order valence-electron chi connectivity index (χ3n) is 1.65. The van der Waals surface area contributed by atoms with Crippen LogP contribution in [0.15, 0.2) is 12.4 Å². The fraction of sp³-hybridized carbons (Fsp3) is 0.500. The Kier molecular flexibility index (Phi) is 3.51. The molecule has 0 aliphatic carbocycles. The summed E-state index contributed by atoms with van der Waals surface area (Å²) in [5.41, 5.74) is 0. The molecule has 4 nitrogen and oxygen atoms in total. The molecule has 0 aromatic carbocycles. The van der Waals surface area contributed by atoms with Gasteiger partial charge in [-0.2, -0.15) is 0 Å². The monoisotopic (exact) mass is 248 g/mol. The molecule has 0 saturated heterocycles. The summed E-state index contributed by atoms with van der Waals surface area (Å²) in [6, 6.07) is 0. The van der Waals surface area contributed by atoms with Crippen LogP contribution in [-0.2, 0) is 11.3 Å². The van der Waals surface area contributed by atoms with Gasteiger partial charge in [0.15, 0.2) is 0 Å². The minimum atomic E-state index is -0.344. The zero-order valence-electron chi connectivity index (χ0n) is 7.69. The first kappa shape index (κ1) is 10.3. The van der Waals surface area contributed by atoms with Crippen molar-refractivity contribution in [3.8, 4) is 0 Å². The molecule has 0 spiro atoms.